The summed E-state index contributed by atoms with van der Waals surface area (Å²) in [6.07, 6.45) is 0. The monoisotopic (exact) mass is 252 g/mol. The van der Waals surface area contributed by atoms with Crippen molar-refractivity contribution in [2.24, 2.45) is 0 Å². The molecule has 0 aliphatic carbocycles. The molecular formula is C14H23FN3+3. The lowest BCUT2D eigenvalue weighted by molar-refractivity contribution is -1.03. The van der Waals surface area contributed by atoms with Gasteiger partial charge in [-0.2, -0.15) is 0 Å². The summed E-state index contributed by atoms with van der Waals surface area (Å²) in [6.45, 7) is 6.99. The minimum absolute atomic E-state index is 0.0835. The summed E-state index contributed by atoms with van der Waals surface area (Å²) in [4.78, 5) is 3.27. The van der Waals surface area contributed by atoms with Crippen molar-refractivity contribution in [2.75, 3.05) is 39.8 Å². The number of quaternary nitrogens is 3. The molecule has 0 amide bonds. The number of rotatable bonds is 1. The van der Waals surface area contributed by atoms with Gasteiger partial charge >= 0.3 is 0 Å². The molecule has 1 fully saturated rings. The van der Waals surface area contributed by atoms with E-state index in [2.05, 4.69) is 12.4 Å². The van der Waals surface area contributed by atoms with Gasteiger partial charge in [0.1, 0.15) is 45.1 Å². The summed E-state index contributed by atoms with van der Waals surface area (Å²) in [6, 6.07) is 5.81. The molecule has 18 heavy (non-hydrogen) atoms. The Labute approximate surface area is 108 Å². The van der Waals surface area contributed by atoms with Crippen LogP contribution in [0, 0.1) is 5.82 Å². The van der Waals surface area contributed by atoms with Gasteiger partial charge in [-0.15, -0.1) is 0 Å². The van der Waals surface area contributed by atoms with Gasteiger partial charge in [-0.1, -0.05) is 0 Å². The Morgan fingerprint density at radius 1 is 1.22 bits per heavy atom. The molecule has 0 saturated carbocycles. The van der Waals surface area contributed by atoms with Crippen LogP contribution >= 0.6 is 0 Å². The van der Waals surface area contributed by atoms with E-state index < -0.39 is 0 Å². The summed E-state index contributed by atoms with van der Waals surface area (Å²) in [5.74, 6) is -0.0835. The van der Waals surface area contributed by atoms with Gasteiger partial charge in [-0.3, -0.25) is 0 Å². The number of hydrogen-bond donors (Lipinski definition) is 3. The van der Waals surface area contributed by atoms with Gasteiger partial charge < -0.3 is 15.1 Å². The molecular weight excluding hydrogens is 229 g/mol. The van der Waals surface area contributed by atoms with Gasteiger partial charge in [0.15, 0.2) is 6.04 Å². The third-order valence-corrected chi connectivity index (χ3v) is 4.49. The first-order valence-corrected chi connectivity index (χ1v) is 7.00. The molecule has 98 valence electrons. The highest BCUT2D eigenvalue weighted by atomic mass is 19.1. The number of hydrogen-bond acceptors (Lipinski definition) is 0. The Kier molecular flexibility index (Phi) is 3.33. The normalized spacial score (nSPS) is 32.0. The van der Waals surface area contributed by atoms with Gasteiger partial charge in [0.05, 0.1) is 7.05 Å². The first kappa shape index (κ1) is 12.1. The third kappa shape index (κ3) is 2.28. The molecule has 1 atom stereocenters. The topological polar surface area (TPSA) is 25.5 Å². The van der Waals surface area contributed by atoms with Crippen LogP contribution < -0.4 is 15.1 Å². The average molecular weight is 252 g/mol. The lowest BCUT2D eigenvalue weighted by atomic mass is 9.95. The number of halogens is 1. The Morgan fingerprint density at radius 3 is 2.78 bits per heavy atom. The predicted octanol–water partition coefficient (Wildman–Crippen LogP) is -2.64. The molecule has 0 spiro atoms. The van der Waals surface area contributed by atoms with Crippen molar-refractivity contribution < 1.29 is 19.5 Å². The fourth-order valence-corrected chi connectivity index (χ4v) is 3.34. The highest BCUT2D eigenvalue weighted by molar-refractivity contribution is 5.30. The molecule has 0 bridgehead atoms. The largest absolute Gasteiger partial charge is 0.337 e. The second kappa shape index (κ2) is 4.96. The highest BCUT2D eigenvalue weighted by Crippen LogP contribution is 2.18. The molecule has 0 unspecified atom stereocenters. The van der Waals surface area contributed by atoms with Crippen LogP contribution in [0.2, 0.25) is 0 Å². The second-order valence-electron chi connectivity index (χ2n) is 5.74. The fourth-order valence-electron chi connectivity index (χ4n) is 3.34. The van der Waals surface area contributed by atoms with E-state index in [0.717, 1.165) is 13.1 Å². The van der Waals surface area contributed by atoms with Crippen LogP contribution in [0.4, 0.5) is 4.39 Å². The third-order valence-electron chi connectivity index (χ3n) is 4.49. The molecule has 2 aliphatic rings. The summed E-state index contributed by atoms with van der Waals surface area (Å²) in [7, 11) is 2.26. The molecule has 1 aromatic carbocycles. The fraction of sp³-hybridized carbons (Fsp3) is 0.571. The minimum Gasteiger partial charge on any atom is -0.337 e. The molecule has 4 heteroatoms. The number of nitrogens with two attached hydrogens (primary N) is 1. The van der Waals surface area contributed by atoms with E-state index in [1.165, 1.54) is 37.3 Å². The van der Waals surface area contributed by atoms with Gasteiger partial charge in [0.2, 0.25) is 0 Å². The van der Waals surface area contributed by atoms with Crippen LogP contribution in [-0.2, 0) is 6.54 Å². The van der Waals surface area contributed by atoms with E-state index in [9.17, 15) is 4.39 Å². The van der Waals surface area contributed by atoms with Gasteiger partial charge in [0.25, 0.3) is 0 Å². The van der Waals surface area contributed by atoms with Crippen molar-refractivity contribution in [3.05, 3.63) is 35.1 Å². The number of nitrogens with one attached hydrogen (secondary N) is 2. The van der Waals surface area contributed by atoms with Crippen LogP contribution in [0.5, 0.6) is 0 Å². The maximum atomic E-state index is 13.5. The van der Waals surface area contributed by atoms with Crippen molar-refractivity contribution in [3.63, 3.8) is 0 Å². The zero-order chi connectivity index (χ0) is 12.5. The molecule has 2 aliphatic heterocycles. The van der Waals surface area contributed by atoms with Crippen molar-refractivity contribution in [1.82, 2.24) is 0 Å². The van der Waals surface area contributed by atoms with E-state index in [-0.39, 0.29) is 5.82 Å². The van der Waals surface area contributed by atoms with E-state index in [1.54, 1.807) is 21.9 Å². The number of piperazine rings is 1. The summed E-state index contributed by atoms with van der Waals surface area (Å²) < 4.78 is 13.5. The van der Waals surface area contributed by atoms with Crippen LogP contribution in [0.3, 0.4) is 0 Å². The first-order valence-electron chi connectivity index (χ1n) is 7.00. The summed E-state index contributed by atoms with van der Waals surface area (Å²) in [5, 5.41) is 2.36. The number of fused-ring (bicyclic) bond motifs is 1. The van der Waals surface area contributed by atoms with Crippen LogP contribution in [0.15, 0.2) is 18.2 Å². The minimum atomic E-state index is -0.0835. The summed E-state index contributed by atoms with van der Waals surface area (Å²) in [5.41, 5.74) is 2.58. The number of benzene rings is 1. The molecule has 2 heterocycles. The quantitative estimate of drug-likeness (QED) is 0.487. The zero-order valence-electron chi connectivity index (χ0n) is 11.0. The van der Waals surface area contributed by atoms with Gasteiger partial charge in [-0.25, -0.2) is 4.39 Å². The molecule has 3 rings (SSSR count). The Bertz CT molecular complexity index is 427. The molecule has 3 nitrogen and oxygen atoms in total. The van der Waals surface area contributed by atoms with E-state index in [4.69, 9.17) is 0 Å². The Hall–Kier alpha value is -0.970. The SMILES string of the molecule is C[NH+]1CC[NH+]([C@@H]2C[NH2+]Cc3ccc(F)cc32)CC1. The maximum Gasteiger partial charge on any atom is 0.163 e. The molecule has 0 radical (unpaired) electrons. The van der Waals surface area contributed by atoms with Crippen LogP contribution in [-0.4, -0.2) is 39.8 Å². The predicted molar refractivity (Wildman–Crippen MR) is 67.0 cm³/mol. The zero-order valence-corrected chi connectivity index (χ0v) is 11.0. The van der Waals surface area contributed by atoms with Crippen LogP contribution in [0.25, 0.3) is 0 Å². The smallest absolute Gasteiger partial charge is 0.163 e. The second-order valence-corrected chi connectivity index (χ2v) is 5.74. The molecule has 1 aromatic rings. The maximum absolute atomic E-state index is 13.5. The highest BCUT2D eigenvalue weighted by Gasteiger charge is 2.34. The molecule has 4 N–H and O–H groups in total. The lowest BCUT2D eigenvalue weighted by Gasteiger charge is -2.35. The van der Waals surface area contributed by atoms with Gasteiger partial charge in [0, 0.05) is 11.1 Å². The van der Waals surface area contributed by atoms with Crippen molar-refractivity contribution in [3.8, 4) is 0 Å². The molecule has 1 saturated heterocycles. The van der Waals surface area contributed by atoms with E-state index in [0.29, 0.717) is 6.04 Å². The Balaban J connectivity index is 1.84. The van der Waals surface area contributed by atoms with E-state index in [1.807, 2.05) is 6.07 Å². The van der Waals surface area contributed by atoms with Crippen molar-refractivity contribution >= 4 is 0 Å². The average Bonchev–Trinajstić information content (AvgIpc) is 2.39. The van der Waals surface area contributed by atoms with Crippen molar-refractivity contribution in [2.45, 2.75) is 12.6 Å². The number of likely N-dealkylation sites (N-methyl/N-ethyl adjacent to an activating group) is 1. The Morgan fingerprint density at radius 2 is 2.00 bits per heavy atom. The standard InChI is InChI=1S/C14H20FN3/c1-17-4-6-18(7-5-17)14-10-16-9-11-2-3-12(15)8-13(11)14/h2-3,8,14,16H,4-7,9-10H2,1H3/p+3/t14-/m1/s1. The molecule has 0 aromatic heterocycles. The van der Waals surface area contributed by atoms with Gasteiger partial charge in [-0.05, 0) is 18.2 Å². The lowest BCUT2D eigenvalue weighted by Crippen LogP contribution is -3.28. The summed E-state index contributed by atoms with van der Waals surface area (Å²) >= 11 is 0. The van der Waals surface area contributed by atoms with Crippen molar-refractivity contribution in [1.29, 1.82) is 0 Å². The first-order chi connectivity index (χ1) is 8.74. The van der Waals surface area contributed by atoms with Crippen LogP contribution in [0.1, 0.15) is 17.2 Å². The van der Waals surface area contributed by atoms with E-state index >= 15 is 0 Å².